The van der Waals surface area contributed by atoms with Crippen LogP contribution in [0.2, 0.25) is 0 Å². The Morgan fingerprint density at radius 2 is 1.97 bits per heavy atom. The van der Waals surface area contributed by atoms with Gasteiger partial charge in [-0.2, -0.15) is 4.98 Å². The first-order valence-electron chi connectivity index (χ1n) is 12.3. The molecule has 216 valence electrons. The molecule has 16 nitrogen and oxygen atoms in total. The van der Waals surface area contributed by atoms with Gasteiger partial charge in [-0.05, 0) is 19.4 Å². The maximum Gasteiger partial charge on any atom is 0.349 e. The molecule has 1 aromatic rings. The van der Waals surface area contributed by atoms with Crippen LogP contribution in [-0.2, 0) is 37.4 Å². The first-order chi connectivity index (χ1) is 18.4. The van der Waals surface area contributed by atoms with Gasteiger partial charge in [0.1, 0.15) is 30.7 Å². The number of amides is 3. The number of aliphatic hydroxyl groups is 1. The van der Waals surface area contributed by atoms with E-state index in [4.69, 9.17) is 28.0 Å². The highest BCUT2D eigenvalue weighted by Crippen LogP contribution is 2.47. The summed E-state index contributed by atoms with van der Waals surface area (Å²) in [6, 6.07) is -2.41. The van der Waals surface area contributed by atoms with E-state index in [1.54, 1.807) is 6.92 Å². The number of aromatic nitrogens is 2. The van der Waals surface area contributed by atoms with Crippen molar-refractivity contribution in [3.63, 3.8) is 0 Å². The van der Waals surface area contributed by atoms with E-state index < -0.39 is 80.6 Å². The average Bonchev–Trinajstić information content (AvgIpc) is 3.44. The molecule has 6 bridgehead atoms. The maximum atomic E-state index is 13.2. The molecule has 0 saturated carbocycles. The fraction of sp³-hybridized carbons (Fsp3) is 0.727. The van der Waals surface area contributed by atoms with Gasteiger partial charge in [-0.25, -0.2) is 9.59 Å². The zero-order chi connectivity index (χ0) is 28.3. The van der Waals surface area contributed by atoms with Crippen molar-refractivity contribution < 1.29 is 52.1 Å². The van der Waals surface area contributed by atoms with Gasteiger partial charge in [0.15, 0.2) is 5.60 Å². The van der Waals surface area contributed by atoms with Gasteiger partial charge in [0, 0.05) is 33.3 Å². The summed E-state index contributed by atoms with van der Waals surface area (Å²) in [6.07, 6.45) is -4.26. The third kappa shape index (κ3) is 5.05. The molecule has 3 saturated heterocycles. The molecule has 17 heteroatoms. The molecule has 0 spiro atoms. The summed E-state index contributed by atoms with van der Waals surface area (Å²) in [4.78, 5) is 57.2. The first kappa shape index (κ1) is 28.3. The molecule has 3 fully saturated rings. The van der Waals surface area contributed by atoms with Crippen molar-refractivity contribution in [3.8, 4) is 0 Å². The van der Waals surface area contributed by atoms with Gasteiger partial charge < -0.3 is 38.0 Å². The summed E-state index contributed by atoms with van der Waals surface area (Å²) < 4.78 is 46.9. The second-order valence-corrected chi connectivity index (χ2v) is 11.4. The Hall–Kier alpha value is -2.27. The fourth-order valence-electron chi connectivity index (χ4n) is 5.48. The van der Waals surface area contributed by atoms with Crippen LogP contribution in [0.3, 0.4) is 0 Å². The molecule has 0 radical (unpaired) electrons. The van der Waals surface area contributed by atoms with E-state index in [0.717, 1.165) is 4.90 Å². The number of urea groups is 1. The summed E-state index contributed by atoms with van der Waals surface area (Å²) in [5.74, 6) is -1.00. The molecule has 0 aliphatic carbocycles. The maximum absolute atomic E-state index is 13.2. The van der Waals surface area contributed by atoms with E-state index in [9.17, 15) is 28.9 Å². The van der Waals surface area contributed by atoms with Crippen LogP contribution in [0, 0.1) is 6.92 Å². The Bertz CT molecular complexity index is 1260. The normalized spacial score (nSPS) is 40.6. The molecule has 0 aromatic carbocycles. The number of carbonyl (C=O) groups is 2. The Labute approximate surface area is 222 Å². The summed E-state index contributed by atoms with van der Waals surface area (Å²) in [6.45, 7) is 2.24. The minimum absolute atomic E-state index is 0.0385. The van der Waals surface area contributed by atoms with E-state index in [1.165, 1.54) is 31.9 Å². The number of ether oxygens (including phenoxy) is 4. The zero-order valence-electron chi connectivity index (χ0n) is 21.7. The monoisotopic (exact) mass is 573 g/mol. The predicted octanol–water partition coefficient (Wildman–Crippen LogP) is -1.16. The van der Waals surface area contributed by atoms with E-state index in [0.29, 0.717) is 5.56 Å². The number of aryl methyl sites for hydroxylation is 1. The zero-order valence-corrected chi connectivity index (χ0v) is 22.6. The van der Waals surface area contributed by atoms with Crippen LogP contribution in [0.5, 0.6) is 0 Å². The minimum Gasteiger partial charge on any atom is -0.756 e. The number of nitrogens with one attached hydrogen (secondary N) is 1. The number of methoxy groups -OCH3 is 2. The lowest BCUT2D eigenvalue weighted by Crippen LogP contribution is -2.67. The highest BCUT2D eigenvalue weighted by atomic mass is 31.2. The number of phosphoric acid groups is 1. The Kier molecular flexibility index (Phi) is 7.45. The van der Waals surface area contributed by atoms with E-state index in [1.807, 2.05) is 0 Å². The standard InChI is InChI=1S/C22H31N4O12P/c1-10-7-25-15-5-11(34-4)14(36-15)9-35-39(31,32)38-12-6-16(37-13(12)8-33-3)26-18(17(10)23-20(25)28)22(2,30)19(27)24-21(26)29/h7,11-16,18,30H,5-6,8-9H2,1-4H3,(H,31,32)(H,24,27,29)/p-1/t11-,12-,13?,14?,15+,16+,18?,22+/m0/s1. The van der Waals surface area contributed by atoms with Crippen molar-refractivity contribution in [3.05, 3.63) is 27.9 Å². The first-order valence-corrected chi connectivity index (χ1v) is 13.7. The van der Waals surface area contributed by atoms with Crippen molar-refractivity contribution in [2.45, 2.75) is 75.2 Å². The lowest BCUT2D eigenvalue weighted by atomic mass is 9.87. The van der Waals surface area contributed by atoms with Gasteiger partial charge in [-0.3, -0.25) is 24.1 Å². The quantitative estimate of drug-likeness (QED) is 0.411. The van der Waals surface area contributed by atoms with Gasteiger partial charge in [0.25, 0.3) is 13.7 Å². The average molecular weight is 573 g/mol. The number of rotatable bonds is 3. The van der Waals surface area contributed by atoms with Crippen LogP contribution < -0.4 is 15.9 Å². The number of imide groups is 1. The molecular weight excluding hydrogens is 543 g/mol. The van der Waals surface area contributed by atoms with Gasteiger partial charge in [0.2, 0.25) is 0 Å². The Morgan fingerprint density at radius 1 is 1.23 bits per heavy atom. The van der Waals surface area contributed by atoms with E-state index in [-0.39, 0.29) is 25.1 Å². The van der Waals surface area contributed by atoms with Crippen LogP contribution in [0.25, 0.3) is 0 Å². The van der Waals surface area contributed by atoms with Crippen molar-refractivity contribution >= 4 is 19.8 Å². The third-order valence-electron chi connectivity index (χ3n) is 7.43. The van der Waals surface area contributed by atoms with Crippen LogP contribution in [-0.4, -0.2) is 95.2 Å². The summed E-state index contributed by atoms with van der Waals surface area (Å²) in [7, 11) is -2.15. The van der Waals surface area contributed by atoms with Gasteiger partial charge in [-0.1, -0.05) is 0 Å². The summed E-state index contributed by atoms with van der Waals surface area (Å²) in [5, 5.41) is 13.4. The number of phosphoric ester groups is 1. The van der Waals surface area contributed by atoms with Crippen molar-refractivity contribution in [2.75, 3.05) is 27.4 Å². The second kappa shape index (κ2) is 10.3. The Morgan fingerprint density at radius 3 is 2.67 bits per heavy atom. The predicted molar refractivity (Wildman–Crippen MR) is 125 cm³/mol. The van der Waals surface area contributed by atoms with Gasteiger partial charge in [0.05, 0.1) is 31.1 Å². The molecule has 6 heterocycles. The lowest BCUT2D eigenvalue weighted by molar-refractivity contribution is -0.234. The highest BCUT2D eigenvalue weighted by molar-refractivity contribution is 7.45. The number of hydrogen-bond donors (Lipinski definition) is 2. The van der Waals surface area contributed by atoms with Crippen LogP contribution in [0.4, 0.5) is 4.79 Å². The van der Waals surface area contributed by atoms with E-state index in [2.05, 4.69) is 10.3 Å². The van der Waals surface area contributed by atoms with Crippen LogP contribution >= 0.6 is 7.82 Å². The van der Waals surface area contributed by atoms with Gasteiger partial charge >= 0.3 is 11.7 Å². The number of hydrogen-bond acceptors (Lipinski definition) is 13. The van der Waals surface area contributed by atoms with Crippen LogP contribution in [0.15, 0.2) is 11.0 Å². The second-order valence-electron chi connectivity index (χ2n) is 10.1. The third-order valence-corrected chi connectivity index (χ3v) is 8.43. The molecule has 2 N–H and O–H groups in total. The smallest absolute Gasteiger partial charge is 0.349 e. The highest BCUT2D eigenvalue weighted by Gasteiger charge is 2.56. The molecule has 39 heavy (non-hydrogen) atoms. The fourth-order valence-corrected chi connectivity index (χ4v) is 6.43. The minimum atomic E-state index is -4.94. The van der Waals surface area contributed by atoms with Crippen molar-refractivity contribution in [1.82, 2.24) is 19.8 Å². The lowest BCUT2D eigenvalue weighted by Gasteiger charge is -2.45. The molecule has 9 atom stereocenters. The molecule has 1 aromatic heterocycles. The van der Waals surface area contributed by atoms with Crippen LogP contribution in [0.1, 0.15) is 43.3 Å². The number of carbonyl (C=O) groups excluding carboxylic acids is 2. The van der Waals surface area contributed by atoms with Crippen molar-refractivity contribution in [1.29, 1.82) is 0 Å². The molecule has 6 rings (SSSR count). The molecule has 5 aliphatic rings. The molecular formula is C22H30N4O12P-. The number of nitrogens with zero attached hydrogens (tertiary/aromatic N) is 3. The summed E-state index contributed by atoms with van der Waals surface area (Å²) >= 11 is 0. The van der Waals surface area contributed by atoms with E-state index >= 15 is 0 Å². The molecule has 3 amide bonds. The molecule has 4 unspecified atom stereocenters. The topological polar surface area (TPSA) is 200 Å². The van der Waals surface area contributed by atoms with Crippen molar-refractivity contribution in [2.24, 2.45) is 0 Å². The largest absolute Gasteiger partial charge is 0.756 e. The summed E-state index contributed by atoms with van der Waals surface area (Å²) in [5.41, 5.74) is -2.69. The molecule has 5 aliphatic heterocycles. The number of fused-ring (bicyclic) bond motifs is 5. The Balaban J connectivity index is 1.66. The van der Waals surface area contributed by atoms with Gasteiger partial charge in [-0.15, -0.1) is 0 Å². The SMILES string of the molecule is COCC1O[C@@H]2C[C@@H]1OP(=O)([O-])OCC1O[C@H](C[C@@H]1OC)n1cc(C)c(nc1=O)C1N2C(=O)NC(=O)[C@]1(C)O.